The Balaban J connectivity index is 2.64. The van der Waals surface area contributed by atoms with Crippen LogP contribution >= 0.6 is 0 Å². The van der Waals surface area contributed by atoms with Crippen LogP contribution < -0.4 is 4.90 Å². The van der Waals surface area contributed by atoms with Crippen LogP contribution in [0.3, 0.4) is 0 Å². The first-order valence-electron chi connectivity index (χ1n) is 10.4. The van der Waals surface area contributed by atoms with Gasteiger partial charge in [0.2, 0.25) is 5.78 Å². The maximum atomic E-state index is 13.0. The van der Waals surface area contributed by atoms with Crippen molar-refractivity contribution in [3.8, 4) is 11.5 Å². The minimum atomic E-state index is -1.13. The number of rotatable bonds is 8. The van der Waals surface area contributed by atoms with Gasteiger partial charge in [-0.05, 0) is 54.7 Å². The number of aromatic carboxylic acids is 1. The zero-order chi connectivity index (χ0) is 24.2. The van der Waals surface area contributed by atoms with Gasteiger partial charge in [-0.2, -0.15) is 0 Å². The molecule has 2 rings (SSSR count). The van der Waals surface area contributed by atoms with Crippen molar-refractivity contribution in [2.45, 2.75) is 46.5 Å². The molecule has 0 amide bonds. The number of amidine groups is 2. The van der Waals surface area contributed by atoms with Gasteiger partial charge in [-0.15, -0.1) is 0 Å². The molecule has 0 unspecified atom stereocenters. The van der Waals surface area contributed by atoms with Crippen LogP contribution in [0.25, 0.3) is 0 Å². The van der Waals surface area contributed by atoms with Crippen LogP contribution in [0.15, 0.2) is 36.4 Å². The van der Waals surface area contributed by atoms with E-state index in [0.717, 1.165) is 11.0 Å². The van der Waals surface area contributed by atoms with E-state index < -0.39 is 23.5 Å². The molecule has 2 aromatic carbocycles. The number of aromatic hydroxyl groups is 2. The number of carboxylic acids is 1. The molecule has 0 atom stereocenters. The van der Waals surface area contributed by atoms with Crippen LogP contribution in [0.4, 0.5) is 5.69 Å². The van der Waals surface area contributed by atoms with Crippen LogP contribution in [0.2, 0.25) is 0 Å². The third-order valence-corrected chi connectivity index (χ3v) is 5.43. The van der Waals surface area contributed by atoms with Gasteiger partial charge in [0.05, 0.1) is 11.1 Å². The van der Waals surface area contributed by atoms with Gasteiger partial charge in [-0.3, -0.25) is 20.5 Å². The van der Waals surface area contributed by atoms with Gasteiger partial charge in [-0.1, -0.05) is 27.7 Å². The molecule has 0 fully saturated rings. The minimum Gasteiger partial charge on any atom is -0.508 e. The fourth-order valence-corrected chi connectivity index (χ4v) is 3.45. The predicted octanol–water partition coefficient (Wildman–Crippen LogP) is 4.73. The lowest BCUT2D eigenvalue weighted by Gasteiger charge is -2.27. The molecule has 0 saturated carbocycles. The average Bonchev–Trinajstić information content (AvgIpc) is 2.74. The summed E-state index contributed by atoms with van der Waals surface area (Å²) in [4.78, 5) is 25.3. The number of ketones is 1. The summed E-state index contributed by atoms with van der Waals surface area (Å²) in [6.07, 6.45) is 1.05. The van der Waals surface area contributed by atoms with Crippen LogP contribution in [0.5, 0.6) is 11.5 Å². The number of phenolic OH excluding ortho intramolecular Hbond substituents is 2. The monoisotopic (exact) mass is 439 g/mol. The smallest absolute Gasteiger partial charge is 0.335 e. The van der Waals surface area contributed by atoms with Crippen molar-refractivity contribution >= 4 is 29.1 Å². The summed E-state index contributed by atoms with van der Waals surface area (Å²) in [5.74, 6) is -3.36. The van der Waals surface area contributed by atoms with Gasteiger partial charge in [0.25, 0.3) is 0 Å². The highest BCUT2D eigenvalue weighted by Gasteiger charge is 2.30. The summed E-state index contributed by atoms with van der Waals surface area (Å²) < 4.78 is 0. The molecule has 2 aromatic rings. The number of anilines is 1. The van der Waals surface area contributed by atoms with E-state index in [-0.39, 0.29) is 40.1 Å². The molecule has 0 saturated heterocycles. The fraction of sp³-hybridized carbons (Fsp3) is 0.333. The Morgan fingerprint density at radius 2 is 1.53 bits per heavy atom. The molecule has 5 N–H and O–H groups in total. The van der Waals surface area contributed by atoms with Crippen LogP contribution in [-0.4, -0.2) is 38.7 Å². The Bertz CT molecular complexity index is 1040. The molecule has 170 valence electrons. The van der Waals surface area contributed by atoms with Crippen molar-refractivity contribution in [3.63, 3.8) is 0 Å². The summed E-state index contributed by atoms with van der Waals surface area (Å²) in [6.45, 7) is 7.38. The Kier molecular flexibility index (Phi) is 7.75. The van der Waals surface area contributed by atoms with Gasteiger partial charge in [0.1, 0.15) is 17.3 Å². The lowest BCUT2D eigenvalue weighted by molar-refractivity contribution is -0.116. The molecule has 32 heavy (non-hydrogen) atoms. The Morgan fingerprint density at radius 3 is 2.00 bits per heavy atom. The highest BCUT2D eigenvalue weighted by molar-refractivity contribution is 6.49. The van der Waals surface area contributed by atoms with Gasteiger partial charge < -0.3 is 15.3 Å². The molecule has 8 heteroatoms. The fourth-order valence-electron chi connectivity index (χ4n) is 3.45. The first kappa shape index (κ1) is 24.6. The zero-order valence-corrected chi connectivity index (χ0v) is 18.6. The molecule has 0 aromatic heterocycles. The van der Waals surface area contributed by atoms with E-state index in [2.05, 4.69) is 0 Å². The van der Waals surface area contributed by atoms with E-state index in [1.807, 2.05) is 27.7 Å². The van der Waals surface area contributed by atoms with Crippen LogP contribution in [0.1, 0.15) is 67.9 Å². The molecule has 0 radical (unpaired) electrons. The number of phenols is 2. The van der Waals surface area contributed by atoms with E-state index in [0.29, 0.717) is 18.4 Å². The van der Waals surface area contributed by atoms with Crippen molar-refractivity contribution in [2.75, 3.05) is 4.90 Å². The summed E-state index contributed by atoms with van der Waals surface area (Å²) >= 11 is 0. The number of carbonyl (C=O) groups excluding carboxylic acids is 1. The number of nitrogens with one attached hydrogen (secondary N) is 2. The van der Waals surface area contributed by atoms with E-state index in [4.69, 9.17) is 10.8 Å². The molecule has 0 aliphatic heterocycles. The molecule has 8 nitrogen and oxygen atoms in total. The molecular weight excluding hydrogens is 410 g/mol. The number of hydrogen-bond acceptors (Lipinski definition) is 6. The molecular formula is C24H29N3O5. The number of carboxylic acid groups (broad SMARTS) is 1. The van der Waals surface area contributed by atoms with Gasteiger partial charge in [0, 0.05) is 17.7 Å². The SMILES string of the molecule is CCC(CC)C(=O)C(=N)N(C(=N)c1cc(C(C)C)c(O)cc1O)c1ccc(C(=O)O)cc1. The van der Waals surface area contributed by atoms with Gasteiger partial charge in [0.15, 0.2) is 5.84 Å². The standard InChI is InChI=1S/C24H29N3O5/c1-5-14(6-2)21(30)23(26)27(16-9-7-15(8-10-16)24(31)32)22(25)18-11-17(13(3)4)19(28)12-20(18)29/h7-14,25-26,28-29H,5-6H2,1-4H3,(H,31,32). The second kappa shape index (κ2) is 10.1. The maximum absolute atomic E-state index is 13.0. The summed E-state index contributed by atoms with van der Waals surface area (Å²) in [5.41, 5.74) is 0.799. The third kappa shape index (κ3) is 4.96. The molecule has 0 heterocycles. The molecule has 0 aliphatic carbocycles. The normalized spacial score (nSPS) is 10.9. The van der Waals surface area contributed by atoms with Crippen molar-refractivity contribution < 1.29 is 24.9 Å². The maximum Gasteiger partial charge on any atom is 0.335 e. The van der Waals surface area contributed by atoms with E-state index in [1.54, 1.807) is 0 Å². The van der Waals surface area contributed by atoms with Crippen molar-refractivity contribution in [2.24, 2.45) is 5.92 Å². The topological polar surface area (TPSA) is 146 Å². The minimum absolute atomic E-state index is 0.0210. The summed E-state index contributed by atoms with van der Waals surface area (Å²) in [7, 11) is 0. The first-order chi connectivity index (χ1) is 15.0. The van der Waals surface area contributed by atoms with E-state index >= 15 is 0 Å². The number of hydrogen-bond donors (Lipinski definition) is 5. The van der Waals surface area contributed by atoms with Crippen molar-refractivity contribution in [1.82, 2.24) is 0 Å². The second-order valence-corrected chi connectivity index (χ2v) is 7.85. The number of Topliss-reactive ketones (excluding diaryl/α,β-unsaturated/α-hetero) is 1. The Hall–Kier alpha value is -3.68. The largest absolute Gasteiger partial charge is 0.508 e. The highest BCUT2D eigenvalue weighted by Crippen LogP contribution is 2.34. The highest BCUT2D eigenvalue weighted by atomic mass is 16.4. The lowest BCUT2D eigenvalue weighted by Crippen LogP contribution is -2.43. The van der Waals surface area contributed by atoms with Crippen LogP contribution in [-0.2, 0) is 4.79 Å². The summed E-state index contributed by atoms with van der Waals surface area (Å²) in [5, 5.41) is 47.1. The first-order valence-corrected chi connectivity index (χ1v) is 10.4. The zero-order valence-electron chi connectivity index (χ0n) is 18.6. The van der Waals surface area contributed by atoms with Gasteiger partial charge in [-0.25, -0.2) is 4.79 Å². The van der Waals surface area contributed by atoms with Gasteiger partial charge >= 0.3 is 5.97 Å². The number of carbonyl (C=O) groups is 2. The Morgan fingerprint density at radius 1 is 0.969 bits per heavy atom. The molecule has 0 bridgehead atoms. The third-order valence-electron chi connectivity index (χ3n) is 5.43. The molecule has 0 spiro atoms. The van der Waals surface area contributed by atoms with E-state index in [9.17, 15) is 24.9 Å². The molecule has 0 aliphatic rings. The quantitative estimate of drug-likeness (QED) is 0.297. The average molecular weight is 440 g/mol. The predicted molar refractivity (Wildman–Crippen MR) is 123 cm³/mol. The Labute approximate surface area is 187 Å². The van der Waals surface area contributed by atoms with Crippen molar-refractivity contribution in [3.05, 3.63) is 53.1 Å². The number of nitrogens with zero attached hydrogens (tertiary/aromatic N) is 1. The number of benzene rings is 2. The second-order valence-electron chi connectivity index (χ2n) is 7.85. The summed E-state index contributed by atoms with van der Waals surface area (Å²) in [6, 6.07) is 8.07. The lowest BCUT2D eigenvalue weighted by atomic mass is 9.95. The van der Waals surface area contributed by atoms with E-state index in [1.165, 1.54) is 30.3 Å². The van der Waals surface area contributed by atoms with Crippen molar-refractivity contribution in [1.29, 1.82) is 10.8 Å². The van der Waals surface area contributed by atoms with Crippen LogP contribution in [0, 0.1) is 16.7 Å².